The van der Waals surface area contributed by atoms with Crippen molar-refractivity contribution < 1.29 is 24.2 Å². The van der Waals surface area contributed by atoms with Crippen LogP contribution in [0.15, 0.2) is 24.3 Å². The molecule has 3 unspecified atom stereocenters. The molecule has 1 spiro atoms. The topological polar surface area (TPSA) is 139 Å². The predicted octanol–water partition coefficient (Wildman–Crippen LogP) is 1.33. The van der Waals surface area contributed by atoms with Crippen molar-refractivity contribution >= 4 is 44.7 Å². The van der Waals surface area contributed by atoms with Crippen molar-refractivity contribution in [2.75, 3.05) is 19.7 Å². The number of para-hydroxylation sites is 1. The first-order valence-electron chi connectivity index (χ1n) is 13.5. The van der Waals surface area contributed by atoms with Gasteiger partial charge < -0.3 is 25.4 Å². The van der Waals surface area contributed by atoms with E-state index in [0.29, 0.717) is 32.4 Å². The van der Waals surface area contributed by atoms with Gasteiger partial charge in [0.1, 0.15) is 23.8 Å². The molecule has 3 N–H and O–H groups in total. The molecule has 6 atom stereocenters. The molecule has 3 saturated heterocycles. The summed E-state index contributed by atoms with van der Waals surface area (Å²) in [5.41, 5.74) is 0.434. The van der Waals surface area contributed by atoms with Gasteiger partial charge in [0.25, 0.3) is 0 Å². The van der Waals surface area contributed by atoms with E-state index in [9.17, 15) is 14.4 Å². The Balaban J connectivity index is 1.40. The van der Waals surface area contributed by atoms with Gasteiger partial charge in [-0.3, -0.25) is 14.4 Å². The van der Waals surface area contributed by atoms with E-state index in [0.717, 1.165) is 30.3 Å². The quantitative estimate of drug-likeness (QED) is 0.250. The van der Waals surface area contributed by atoms with Gasteiger partial charge in [0.15, 0.2) is 0 Å². The fourth-order valence-electron chi connectivity index (χ4n) is 6.37. The van der Waals surface area contributed by atoms with Crippen molar-refractivity contribution in [3.8, 4) is 0 Å². The molecule has 1 aromatic carbocycles. The Kier molecular flexibility index (Phi) is 8.01. The first-order valence-corrected chi connectivity index (χ1v) is 14.4. The van der Waals surface area contributed by atoms with Crippen LogP contribution in [0.5, 0.6) is 0 Å². The molecule has 2 aromatic rings. The number of nitrogens with zero attached hydrogens (tertiary/aromatic N) is 4. The maximum atomic E-state index is 13.9. The Bertz CT molecular complexity index is 1190. The Labute approximate surface area is 229 Å². The smallest absolute Gasteiger partial charge is 0.247 e. The molecule has 12 heteroatoms. The van der Waals surface area contributed by atoms with E-state index in [4.69, 9.17) is 9.84 Å². The van der Waals surface area contributed by atoms with Crippen molar-refractivity contribution in [1.82, 2.24) is 30.5 Å². The third kappa shape index (κ3) is 4.60. The zero-order chi connectivity index (χ0) is 26.9. The fourth-order valence-corrected chi connectivity index (χ4v) is 7.31. The summed E-state index contributed by atoms with van der Waals surface area (Å²) in [5, 5.41) is 23.3. The van der Waals surface area contributed by atoms with Crippen LogP contribution in [0.1, 0.15) is 45.4 Å². The minimum absolute atomic E-state index is 0.0940. The van der Waals surface area contributed by atoms with Crippen molar-refractivity contribution in [2.24, 2.45) is 11.8 Å². The second kappa shape index (κ2) is 11.3. The molecule has 206 valence electrons. The molecular formula is C26H35BrN6O5. The zero-order valence-corrected chi connectivity index (χ0v) is 23.1. The lowest BCUT2D eigenvalue weighted by molar-refractivity contribution is -0.142. The van der Waals surface area contributed by atoms with E-state index in [-0.39, 0.29) is 35.8 Å². The summed E-state index contributed by atoms with van der Waals surface area (Å²) < 4.78 is 8.11. The van der Waals surface area contributed by atoms with Crippen LogP contribution in [-0.2, 0) is 25.8 Å². The number of hydrogen-bond donors (Lipinski definition) is 3. The van der Waals surface area contributed by atoms with Gasteiger partial charge in [-0.2, -0.15) is 0 Å². The lowest BCUT2D eigenvalue weighted by Crippen LogP contribution is -2.56. The van der Waals surface area contributed by atoms with Crippen molar-refractivity contribution in [3.05, 3.63) is 24.3 Å². The average Bonchev–Trinajstić information content (AvgIpc) is 3.63. The van der Waals surface area contributed by atoms with Gasteiger partial charge in [-0.15, -0.1) is 5.10 Å². The molecule has 0 aliphatic carbocycles. The Morgan fingerprint density at radius 3 is 2.76 bits per heavy atom. The number of carbonyl (C=O) groups is 3. The number of aliphatic hydroxyl groups excluding tert-OH is 1. The number of rotatable bonds is 12. The van der Waals surface area contributed by atoms with E-state index < -0.39 is 29.6 Å². The highest BCUT2D eigenvalue weighted by atomic mass is 79.9. The standard InChI is InChI=1S/C26H35BrN6O5/c1-2-11-28-23(35)19-20-25(37)32(12-7-3-4-8-13-34)22(26(20)14-16(27)21(19)38-26)24(36)29-15-33-18-10-6-5-9-17(18)30-31-33/h5-6,9-10,16,19-22,34H,2-4,7-8,11-15H2,1H3,(H,28,35)(H,29,36)/t16?,19-,20-,21-,22?,26?/m0/s1. The number of alkyl halides is 1. The summed E-state index contributed by atoms with van der Waals surface area (Å²) in [7, 11) is 0. The molecule has 3 aliphatic heterocycles. The lowest BCUT2D eigenvalue weighted by atomic mass is 9.70. The second-order valence-electron chi connectivity index (χ2n) is 10.4. The Morgan fingerprint density at radius 2 is 1.97 bits per heavy atom. The summed E-state index contributed by atoms with van der Waals surface area (Å²) in [5.74, 6) is -2.08. The fraction of sp³-hybridized carbons (Fsp3) is 0.654. The normalized spacial score (nSPS) is 29.7. The monoisotopic (exact) mass is 590 g/mol. The number of amides is 3. The third-order valence-electron chi connectivity index (χ3n) is 8.02. The van der Waals surface area contributed by atoms with Crippen molar-refractivity contribution in [3.63, 3.8) is 0 Å². The molecule has 2 bridgehead atoms. The largest absolute Gasteiger partial charge is 0.396 e. The summed E-state index contributed by atoms with van der Waals surface area (Å²) in [6, 6.07) is 6.63. The van der Waals surface area contributed by atoms with Crippen molar-refractivity contribution in [1.29, 1.82) is 0 Å². The third-order valence-corrected chi connectivity index (χ3v) is 8.86. The minimum Gasteiger partial charge on any atom is -0.396 e. The number of carbonyl (C=O) groups excluding carboxylic acids is 3. The first-order chi connectivity index (χ1) is 18.4. The van der Waals surface area contributed by atoms with Crippen LogP contribution in [0.3, 0.4) is 0 Å². The number of benzene rings is 1. The molecule has 3 aliphatic rings. The molecule has 3 amide bonds. The molecular weight excluding hydrogens is 556 g/mol. The minimum atomic E-state index is -1.08. The van der Waals surface area contributed by atoms with Gasteiger partial charge in [0, 0.05) is 24.5 Å². The number of likely N-dealkylation sites (tertiary alicyclic amines) is 1. The van der Waals surface area contributed by atoms with E-state index in [1.807, 2.05) is 31.2 Å². The molecule has 3 fully saturated rings. The number of aliphatic hydroxyl groups is 1. The molecule has 11 nitrogen and oxygen atoms in total. The number of aromatic nitrogens is 3. The molecule has 0 radical (unpaired) electrons. The highest BCUT2D eigenvalue weighted by Crippen LogP contribution is 2.60. The maximum absolute atomic E-state index is 13.9. The highest BCUT2D eigenvalue weighted by molar-refractivity contribution is 9.09. The van der Waals surface area contributed by atoms with E-state index in [1.165, 1.54) is 0 Å². The first kappa shape index (κ1) is 27.0. The van der Waals surface area contributed by atoms with E-state index in [1.54, 1.807) is 9.58 Å². The molecule has 0 saturated carbocycles. The van der Waals surface area contributed by atoms with Gasteiger partial charge >= 0.3 is 0 Å². The number of nitrogens with one attached hydrogen (secondary N) is 2. The van der Waals surface area contributed by atoms with Crippen LogP contribution in [0.25, 0.3) is 11.0 Å². The number of ether oxygens (including phenoxy) is 1. The van der Waals surface area contributed by atoms with Crippen LogP contribution in [0.2, 0.25) is 0 Å². The van der Waals surface area contributed by atoms with Crippen LogP contribution in [0.4, 0.5) is 0 Å². The molecule has 38 heavy (non-hydrogen) atoms. The summed E-state index contributed by atoms with van der Waals surface area (Å²) in [4.78, 5) is 42.5. The van der Waals surface area contributed by atoms with Crippen LogP contribution in [0, 0.1) is 11.8 Å². The van der Waals surface area contributed by atoms with Crippen LogP contribution in [-0.4, -0.2) is 85.0 Å². The van der Waals surface area contributed by atoms with Gasteiger partial charge in [-0.25, -0.2) is 4.68 Å². The van der Waals surface area contributed by atoms with Crippen molar-refractivity contribution in [2.45, 2.75) is 74.7 Å². The zero-order valence-electron chi connectivity index (χ0n) is 21.5. The summed E-state index contributed by atoms with van der Waals surface area (Å²) in [6.07, 6.45) is 3.85. The lowest BCUT2D eigenvalue weighted by Gasteiger charge is -2.34. The predicted molar refractivity (Wildman–Crippen MR) is 142 cm³/mol. The summed E-state index contributed by atoms with van der Waals surface area (Å²) in [6.45, 7) is 3.11. The van der Waals surface area contributed by atoms with E-state index >= 15 is 0 Å². The average molecular weight is 592 g/mol. The summed E-state index contributed by atoms with van der Waals surface area (Å²) >= 11 is 3.69. The van der Waals surface area contributed by atoms with Gasteiger partial charge in [0.2, 0.25) is 17.7 Å². The van der Waals surface area contributed by atoms with Gasteiger partial charge in [-0.1, -0.05) is 53.0 Å². The SMILES string of the molecule is CCCNC(=O)[C@H]1[C@H]2C(=O)N(CCCCCCO)C(C(=O)NCn3nnc4ccccc43)C23CC(Br)[C@@H]1O3. The number of fused-ring (bicyclic) bond motifs is 2. The van der Waals surface area contributed by atoms with Crippen LogP contribution >= 0.6 is 15.9 Å². The molecule has 4 heterocycles. The van der Waals surface area contributed by atoms with Crippen LogP contribution < -0.4 is 10.6 Å². The second-order valence-corrected chi connectivity index (χ2v) is 11.6. The van der Waals surface area contributed by atoms with Gasteiger partial charge in [-0.05, 0) is 37.8 Å². The highest BCUT2D eigenvalue weighted by Gasteiger charge is 2.76. The number of hydrogen-bond acceptors (Lipinski definition) is 7. The van der Waals surface area contributed by atoms with E-state index in [2.05, 4.69) is 36.9 Å². The number of halogens is 1. The number of unbranched alkanes of at least 4 members (excludes halogenated alkanes) is 3. The molecule has 5 rings (SSSR count). The Morgan fingerprint density at radius 1 is 1.18 bits per heavy atom. The molecule has 1 aromatic heterocycles. The van der Waals surface area contributed by atoms with Gasteiger partial charge in [0.05, 0.1) is 23.5 Å². The maximum Gasteiger partial charge on any atom is 0.247 e. The Hall–Kier alpha value is -2.57.